The fraction of sp³-hybridized carbons (Fsp3) is 0.476. The van der Waals surface area contributed by atoms with E-state index < -0.39 is 0 Å². The zero-order chi connectivity index (χ0) is 17.1. The molecule has 0 atom stereocenters. The molecule has 3 heteroatoms. The molecule has 1 N–H and O–H groups in total. The Morgan fingerprint density at radius 1 is 1.12 bits per heavy atom. The molecule has 0 unspecified atom stereocenters. The predicted molar refractivity (Wildman–Crippen MR) is 98.4 cm³/mol. The second-order valence-corrected chi connectivity index (χ2v) is 7.18. The van der Waals surface area contributed by atoms with Gasteiger partial charge in [-0.1, -0.05) is 30.3 Å². The van der Waals surface area contributed by atoms with E-state index in [1.54, 1.807) is 0 Å². The van der Waals surface area contributed by atoms with Gasteiger partial charge in [-0.05, 0) is 63.0 Å². The highest BCUT2D eigenvalue weighted by Crippen LogP contribution is 2.35. The third-order valence-electron chi connectivity index (χ3n) is 5.69. The normalized spacial score (nSPS) is 20.8. The van der Waals surface area contributed by atoms with E-state index in [1.165, 1.54) is 31.2 Å². The van der Waals surface area contributed by atoms with Crippen molar-refractivity contribution < 1.29 is 4.79 Å². The van der Waals surface area contributed by atoms with Gasteiger partial charge in [-0.15, -0.1) is 0 Å². The van der Waals surface area contributed by atoms with Crippen molar-refractivity contribution in [2.75, 3.05) is 6.54 Å². The molecule has 128 valence electrons. The van der Waals surface area contributed by atoms with Crippen molar-refractivity contribution in [3.63, 3.8) is 0 Å². The molecule has 1 aromatic heterocycles. The van der Waals surface area contributed by atoms with E-state index in [-0.39, 0.29) is 5.91 Å². The molecule has 0 bridgehead atoms. The minimum absolute atomic E-state index is 0.0707. The molecule has 0 aliphatic heterocycles. The maximum atomic E-state index is 12.4. The maximum Gasteiger partial charge on any atom is 0.253 e. The van der Waals surface area contributed by atoms with E-state index in [0.717, 1.165) is 23.5 Å². The molecule has 3 rings (SSSR count). The molecule has 1 aliphatic rings. The third kappa shape index (κ3) is 3.55. The van der Waals surface area contributed by atoms with Crippen LogP contribution in [0.4, 0.5) is 0 Å². The topological polar surface area (TPSA) is 34.0 Å². The van der Waals surface area contributed by atoms with Gasteiger partial charge in [-0.25, -0.2) is 0 Å². The van der Waals surface area contributed by atoms with Crippen molar-refractivity contribution in [3.05, 3.63) is 58.9 Å². The first kappa shape index (κ1) is 16.8. The standard InChI is InChI=1S/C21H28N2O/c1-15-13-20(16(2)23(15)3)21(24)22-14-17-9-11-19(12-10-17)18-7-5-4-6-8-18/h4-8,13,17,19H,9-12,14H2,1-3H3,(H,22,24). The Morgan fingerprint density at radius 3 is 2.38 bits per heavy atom. The highest BCUT2D eigenvalue weighted by atomic mass is 16.1. The lowest BCUT2D eigenvalue weighted by Crippen LogP contribution is -2.31. The zero-order valence-corrected chi connectivity index (χ0v) is 15.0. The number of benzene rings is 1. The summed E-state index contributed by atoms with van der Waals surface area (Å²) in [5.41, 5.74) is 4.45. The van der Waals surface area contributed by atoms with Crippen molar-refractivity contribution in [3.8, 4) is 0 Å². The summed E-state index contributed by atoms with van der Waals surface area (Å²) in [5, 5.41) is 3.15. The van der Waals surface area contributed by atoms with Crippen LogP contribution in [0.3, 0.4) is 0 Å². The molecular weight excluding hydrogens is 296 g/mol. The molecule has 3 nitrogen and oxygen atoms in total. The lowest BCUT2D eigenvalue weighted by atomic mass is 9.78. The smallest absolute Gasteiger partial charge is 0.253 e. The molecule has 1 aliphatic carbocycles. The first-order chi connectivity index (χ1) is 11.6. The lowest BCUT2D eigenvalue weighted by Gasteiger charge is -2.29. The number of aryl methyl sites for hydroxylation is 1. The highest BCUT2D eigenvalue weighted by Gasteiger charge is 2.23. The summed E-state index contributed by atoms with van der Waals surface area (Å²) in [6, 6.07) is 12.8. The Bertz CT molecular complexity index is 694. The summed E-state index contributed by atoms with van der Waals surface area (Å²) in [5.74, 6) is 1.37. The summed E-state index contributed by atoms with van der Waals surface area (Å²) >= 11 is 0. The molecule has 24 heavy (non-hydrogen) atoms. The average molecular weight is 324 g/mol. The first-order valence-corrected chi connectivity index (χ1v) is 9.02. The highest BCUT2D eigenvalue weighted by molar-refractivity contribution is 5.95. The van der Waals surface area contributed by atoms with Crippen molar-refractivity contribution in [2.24, 2.45) is 13.0 Å². The van der Waals surface area contributed by atoms with E-state index in [0.29, 0.717) is 11.8 Å². The van der Waals surface area contributed by atoms with Gasteiger partial charge in [0.25, 0.3) is 5.91 Å². The SMILES string of the molecule is Cc1cc(C(=O)NCC2CCC(c3ccccc3)CC2)c(C)n1C. The molecule has 1 heterocycles. The van der Waals surface area contributed by atoms with Crippen LogP contribution in [0, 0.1) is 19.8 Å². The Morgan fingerprint density at radius 2 is 1.79 bits per heavy atom. The fourth-order valence-corrected chi connectivity index (χ4v) is 3.84. The van der Waals surface area contributed by atoms with Gasteiger partial charge in [0.2, 0.25) is 0 Å². The number of carbonyl (C=O) groups is 1. The number of amides is 1. The van der Waals surface area contributed by atoms with Gasteiger partial charge in [-0.3, -0.25) is 4.79 Å². The van der Waals surface area contributed by atoms with Crippen molar-refractivity contribution in [2.45, 2.75) is 45.4 Å². The minimum atomic E-state index is 0.0707. The van der Waals surface area contributed by atoms with Gasteiger partial charge in [0, 0.05) is 25.0 Å². The summed E-state index contributed by atoms with van der Waals surface area (Å²) in [7, 11) is 2.01. The van der Waals surface area contributed by atoms with Crippen LogP contribution >= 0.6 is 0 Å². The Balaban J connectivity index is 1.50. The molecule has 1 fully saturated rings. The van der Waals surface area contributed by atoms with E-state index in [2.05, 4.69) is 40.2 Å². The monoisotopic (exact) mass is 324 g/mol. The molecule has 1 saturated carbocycles. The molecule has 1 aromatic carbocycles. The van der Waals surface area contributed by atoms with Crippen LogP contribution in [0.15, 0.2) is 36.4 Å². The minimum Gasteiger partial charge on any atom is -0.352 e. The van der Waals surface area contributed by atoms with Crippen LogP contribution in [-0.4, -0.2) is 17.0 Å². The van der Waals surface area contributed by atoms with Crippen molar-refractivity contribution in [1.29, 1.82) is 0 Å². The van der Waals surface area contributed by atoms with E-state index in [9.17, 15) is 4.79 Å². The number of nitrogens with zero attached hydrogens (tertiary/aromatic N) is 1. The van der Waals surface area contributed by atoms with Crippen molar-refractivity contribution >= 4 is 5.91 Å². The zero-order valence-electron chi connectivity index (χ0n) is 15.0. The molecule has 0 saturated heterocycles. The number of nitrogens with one attached hydrogen (secondary N) is 1. The van der Waals surface area contributed by atoms with E-state index in [1.807, 2.05) is 27.0 Å². The van der Waals surface area contributed by atoms with Crippen LogP contribution in [0.5, 0.6) is 0 Å². The van der Waals surface area contributed by atoms with Gasteiger partial charge in [0.15, 0.2) is 0 Å². The van der Waals surface area contributed by atoms with Gasteiger partial charge in [0.05, 0.1) is 5.56 Å². The Hall–Kier alpha value is -2.03. The van der Waals surface area contributed by atoms with E-state index in [4.69, 9.17) is 0 Å². The van der Waals surface area contributed by atoms with Crippen LogP contribution in [-0.2, 0) is 7.05 Å². The number of hydrogen-bond acceptors (Lipinski definition) is 1. The van der Waals surface area contributed by atoms with Crippen LogP contribution < -0.4 is 5.32 Å². The number of hydrogen-bond donors (Lipinski definition) is 1. The Labute approximate surface area is 145 Å². The molecular formula is C21H28N2O. The summed E-state index contributed by atoms with van der Waals surface area (Å²) in [6.07, 6.45) is 4.86. The summed E-state index contributed by atoms with van der Waals surface area (Å²) < 4.78 is 2.07. The van der Waals surface area contributed by atoms with Crippen molar-refractivity contribution in [1.82, 2.24) is 9.88 Å². The molecule has 2 aromatic rings. The molecule has 0 spiro atoms. The van der Waals surface area contributed by atoms with Gasteiger partial charge in [0.1, 0.15) is 0 Å². The Kier molecular flexibility index (Phi) is 5.08. The second kappa shape index (κ2) is 7.25. The number of carbonyl (C=O) groups excluding carboxylic acids is 1. The predicted octanol–water partition coefficient (Wildman–Crippen LogP) is 4.35. The number of aromatic nitrogens is 1. The quantitative estimate of drug-likeness (QED) is 0.891. The largest absolute Gasteiger partial charge is 0.352 e. The van der Waals surface area contributed by atoms with Crippen LogP contribution in [0.1, 0.15) is 58.9 Å². The lowest BCUT2D eigenvalue weighted by molar-refractivity contribution is 0.0942. The average Bonchev–Trinajstić information content (AvgIpc) is 2.88. The van der Waals surface area contributed by atoms with Crippen LogP contribution in [0.2, 0.25) is 0 Å². The molecule has 0 radical (unpaired) electrons. The number of rotatable bonds is 4. The maximum absolute atomic E-state index is 12.4. The van der Waals surface area contributed by atoms with Crippen LogP contribution in [0.25, 0.3) is 0 Å². The second-order valence-electron chi connectivity index (χ2n) is 7.18. The molecule has 1 amide bonds. The van der Waals surface area contributed by atoms with Gasteiger partial charge < -0.3 is 9.88 Å². The summed E-state index contributed by atoms with van der Waals surface area (Å²) in [4.78, 5) is 12.4. The van der Waals surface area contributed by atoms with E-state index >= 15 is 0 Å². The first-order valence-electron chi connectivity index (χ1n) is 9.02. The summed E-state index contributed by atoms with van der Waals surface area (Å²) in [6.45, 7) is 4.84. The third-order valence-corrected chi connectivity index (χ3v) is 5.69. The fourth-order valence-electron chi connectivity index (χ4n) is 3.84. The van der Waals surface area contributed by atoms with Gasteiger partial charge in [-0.2, -0.15) is 0 Å². The van der Waals surface area contributed by atoms with Gasteiger partial charge >= 0.3 is 0 Å².